The number of alkyl halides is 2. The Labute approximate surface area is 146 Å². The quantitative estimate of drug-likeness (QED) is 0.381. The summed E-state index contributed by atoms with van der Waals surface area (Å²) >= 11 is 1.83. The molecule has 0 fully saturated rings. The van der Waals surface area contributed by atoms with E-state index < -0.39 is 6.61 Å². The molecule has 0 amide bonds. The Morgan fingerprint density at radius 1 is 1.25 bits per heavy atom. The number of unbranched alkanes of at least 4 members (excludes halogenated alkanes) is 1. The number of methoxy groups -OCH3 is 1. The third-order valence-corrected chi connectivity index (χ3v) is 3.89. The topological polar surface area (TPSA) is 54.9 Å². The number of guanidine groups is 1. The normalized spacial score (nSPS) is 11.5. The van der Waals surface area contributed by atoms with Crippen LogP contribution in [0, 0.1) is 0 Å². The van der Waals surface area contributed by atoms with Gasteiger partial charge in [0.1, 0.15) is 0 Å². The zero-order chi connectivity index (χ0) is 17.8. The number of thioether (sulfide) groups is 1. The van der Waals surface area contributed by atoms with Crippen molar-refractivity contribution in [3.05, 3.63) is 23.8 Å². The molecule has 2 N–H and O–H groups in total. The monoisotopic (exact) mass is 361 g/mol. The lowest BCUT2D eigenvalue weighted by Gasteiger charge is -2.14. The number of rotatable bonds is 10. The molecule has 0 aliphatic heterocycles. The Morgan fingerprint density at radius 2 is 2.04 bits per heavy atom. The predicted molar refractivity (Wildman–Crippen MR) is 95.4 cm³/mol. The maximum absolute atomic E-state index is 12.4. The Hall–Kier alpha value is -1.70. The number of ether oxygens (including phenoxy) is 2. The molecule has 0 saturated carbocycles. The van der Waals surface area contributed by atoms with Crippen LogP contribution in [0.3, 0.4) is 0 Å². The third-order valence-electron chi connectivity index (χ3n) is 3.20. The molecule has 1 aromatic rings. The van der Waals surface area contributed by atoms with Crippen LogP contribution in [0.1, 0.15) is 18.4 Å². The van der Waals surface area contributed by atoms with Crippen molar-refractivity contribution in [2.75, 3.05) is 32.7 Å². The number of nitrogens with one attached hydrogen (secondary N) is 2. The van der Waals surface area contributed by atoms with Crippen molar-refractivity contribution in [3.8, 4) is 11.5 Å². The van der Waals surface area contributed by atoms with Gasteiger partial charge >= 0.3 is 6.61 Å². The molecule has 0 saturated heterocycles. The molecule has 5 nitrogen and oxygen atoms in total. The van der Waals surface area contributed by atoms with E-state index in [4.69, 9.17) is 4.74 Å². The fourth-order valence-electron chi connectivity index (χ4n) is 2.00. The summed E-state index contributed by atoms with van der Waals surface area (Å²) in [5.41, 5.74) is 0.789. The van der Waals surface area contributed by atoms with Gasteiger partial charge in [-0.3, -0.25) is 4.99 Å². The molecule has 0 aliphatic carbocycles. The van der Waals surface area contributed by atoms with E-state index in [0.717, 1.165) is 30.7 Å². The molecule has 0 heterocycles. The van der Waals surface area contributed by atoms with Crippen molar-refractivity contribution in [1.82, 2.24) is 10.6 Å². The van der Waals surface area contributed by atoms with Gasteiger partial charge in [0.15, 0.2) is 17.5 Å². The number of nitrogens with zero attached hydrogens (tertiary/aromatic N) is 1. The Balaban J connectivity index is 2.52. The summed E-state index contributed by atoms with van der Waals surface area (Å²) in [4.78, 5) is 4.14. The van der Waals surface area contributed by atoms with E-state index in [-0.39, 0.29) is 11.5 Å². The van der Waals surface area contributed by atoms with Crippen LogP contribution in [0.25, 0.3) is 0 Å². The zero-order valence-electron chi connectivity index (χ0n) is 14.3. The van der Waals surface area contributed by atoms with Crippen LogP contribution < -0.4 is 20.1 Å². The molecule has 8 heteroatoms. The molecule has 1 rings (SSSR count). The van der Waals surface area contributed by atoms with Gasteiger partial charge in [-0.05, 0) is 42.5 Å². The van der Waals surface area contributed by atoms with Gasteiger partial charge < -0.3 is 20.1 Å². The lowest BCUT2D eigenvalue weighted by Crippen LogP contribution is -2.37. The third kappa shape index (κ3) is 7.72. The SMILES string of the molecule is CN=C(NCCCCSC)NCc1ccc(OC)c(OC(F)F)c1. The van der Waals surface area contributed by atoms with Crippen molar-refractivity contribution in [2.45, 2.75) is 26.0 Å². The number of hydrogen-bond acceptors (Lipinski definition) is 4. The summed E-state index contributed by atoms with van der Waals surface area (Å²) in [5, 5.41) is 6.37. The second-order valence-corrected chi connectivity index (χ2v) is 5.90. The minimum Gasteiger partial charge on any atom is -0.493 e. The van der Waals surface area contributed by atoms with Gasteiger partial charge in [-0.25, -0.2) is 0 Å². The van der Waals surface area contributed by atoms with Gasteiger partial charge in [-0.15, -0.1) is 0 Å². The molecular formula is C16H25F2N3O2S. The average Bonchev–Trinajstić information content (AvgIpc) is 2.57. The minimum absolute atomic E-state index is 0.0202. The van der Waals surface area contributed by atoms with E-state index in [1.54, 1.807) is 19.2 Å². The lowest BCUT2D eigenvalue weighted by atomic mass is 10.2. The van der Waals surface area contributed by atoms with Gasteiger partial charge in [-0.1, -0.05) is 6.07 Å². The molecular weight excluding hydrogens is 336 g/mol. The largest absolute Gasteiger partial charge is 0.493 e. The first-order valence-electron chi connectivity index (χ1n) is 7.66. The van der Waals surface area contributed by atoms with E-state index in [1.165, 1.54) is 13.2 Å². The van der Waals surface area contributed by atoms with Crippen molar-refractivity contribution in [2.24, 2.45) is 4.99 Å². The van der Waals surface area contributed by atoms with Crippen molar-refractivity contribution >= 4 is 17.7 Å². The van der Waals surface area contributed by atoms with Gasteiger partial charge in [0.05, 0.1) is 7.11 Å². The molecule has 0 atom stereocenters. The Bertz CT molecular complexity index is 516. The smallest absolute Gasteiger partial charge is 0.387 e. The van der Waals surface area contributed by atoms with E-state index >= 15 is 0 Å². The van der Waals surface area contributed by atoms with Crippen LogP contribution in [0.5, 0.6) is 11.5 Å². The summed E-state index contributed by atoms with van der Waals surface area (Å²) in [7, 11) is 3.10. The second kappa shape index (κ2) is 11.8. The number of halogens is 2. The van der Waals surface area contributed by atoms with Crippen LogP contribution in [-0.4, -0.2) is 45.3 Å². The molecule has 0 aliphatic rings. The number of hydrogen-bond donors (Lipinski definition) is 2. The lowest BCUT2D eigenvalue weighted by molar-refractivity contribution is -0.0512. The molecule has 0 spiro atoms. The molecule has 0 bridgehead atoms. The molecule has 24 heavy (non-hydrogen) atoms. The van der Waals surface area contributed by atoms with E-state index in [2.05, 4.69) is 26.6 Å². The first-order chi connectivity index (χ1) is 11.6. The van der Waals surface area contributed by atoms with E-state index in [0.29, 0.717) is 12.5 Å². The molecule has 1 aromatic carbocycles. The fraction of sp³-hybridized carbons (Fsp3) is 0.562. The zero-order valence-corrected chi connectivity index (χ0v) is 15.1. The molecule has 0 radical (unpaired) electrons. The average molecular weight is 361 g/mol. The summed E-state index contributed by atoms with van der Waals surface area (Å²) in [5.74, 6) is 2.11. The fourth-order valence-corrected chi connectivity index (χ4v) is 2.50. The van der Waals surface area contributed by atoms with Crippen molar-refractivity contribution < 1.29 is 18.3 Å². The highest BCUT2D eigenvalue weighted by molar-refractivity contribution is 7.98. The highest BCUT2D eigenvalue weighted by Crippen LogP contribution is 2.29. The summed E-state index contributed by atoms with van der Waals surface area (Å²) in [6.07, 6.45) is 4.31. The summed E-state index contributed by atoms with van der Waals surface area (Å²) < 4.78 is 34.4. The molecule has 0 aromatic heterocycles. The van der Waals surface area contributed by atoms with Crippen LogP contribution >= 0.6 is 11.8 Å². The molecule has 136 valence electrons. The highest BCUT2D eigenvalue weighted by Gasteiger charge is 2.11. The van der Waals surface area contributed by atoms with Gasteiger partial charge in [0.25, 0.3) is 0 Å². The number of benzene rings is 1. The van der Waals surface area contributed by atoms with Crippen LogP contribution in [0.4, 0.5) is 8.78 Å². The van der Waals surface area contributed by atoms with Crippen LogP contribution in [0.15, 0.2) is 23.2 Å². The molecule has 0 unspecified atom stereocenters. The van der Waals surface area contributed by atoms with E-state index in [9.17, 15) is 8.78 Å². The summed E-state index contributed by atoms with van der Waals surface area (Å²) in [6, 6.07) is 4.92. The van der Waals surface area contributed by atoms with Crippen molar-refractivity contribution in [1.29, 1.82) is 0 Å². The van der Waals surface area contributed by atoms with E-state index in [1.807, 2.05) is 11.8 Å². The Morgan fingerprint density at radius 3 is 2.67 bits per heavy atom. The second-order valence-electron chi connectivity index (χ2n) is 4.92. The Kier molecular flexibility index (Phi) is 9.98. The first-order valence-corrected chi connectivity index (χ1v) is 9.05. The van der Waals surface area contributed by atoms with Gasteiger partial charge in [0, 0.05) is 20.1 Å². The maximum atomic E-state index is 12.4. The van der Waals surface area contributed by atoms with Gasteiger partial charge in [-0.2, -0.15) is 20.5 Å². The van der Waals surface area contributed by atoms with Gasteiger partial charge in [0.2, 0.25) is 0 Å². The van der Waals surface area contributed by atoms with Crippen molar-refractivity contribution in [3.63, 3.8) is 0 Å². The minimum atomic E-state index is -2.89. The maximum Gasteiger partial charge on any atom is 0.387 e. The predicted octanol–water partition coefficient (Wildman–Crippen LogP) is 3.10. The first kappa shape index (κ1) is 20.3. The van der Waals surface area contributed by atoms with Crippen LogP contribution in [0.2, 0.25) is 0 Å². The summed E-state index contributed by atoms with van der Waals surface area (Å²) in [6.45, 7) is -1.62. The number of aliphatic imine (C=N–C) groups is 1. The highest BCUT2D eigenvalue weighted by atomic mass is 32.2. The van der Waals surface area contributed by atoms with Crippen LogP contribution in [-0.2, 0) is 6.54 Å². The standard InChI is InChI=1S/C16H25F2N3O2S/c1-19-16(20-8-4-5-9-24-3)21-11-12-6-7-13(22-2)14(10-12)23-15(17)18/h6-7,10,15H,4-5,8-9,11H2,1-3H3,(H2,19,20,21).